The van der Waals surface area contributed by atoms with Crippen LogP contribution >= 0.6 is 11.6 Å². The second-order valence-electron chi connectivity index (χ2n) is 7.15. The van der Waals surface area contributed by atoms with E-state index in [0.717, 1.165) is 43.6 Å². The molecule has 0 radical (unpaired) electrons. The van der Waals surface area contributed by atoms with Crippen molar-refractivity contribution in [2.75, 3.05) is 6.54 Å². The number of Topliss-reactive ketones (excluding diaryl/α,β-unsaturated/α-hetero) is 2. The summed E-state index contributed by atoms with van der Waals surface area (Å²) in [6.07, 6.45) is 4.31. The number of ketones is 2. The third-order valence-corrected chi connectivity index (χ3v) is 5.94. The van der Waals surface area contributed by atoms with Gasteiger partial charge in [0, 0.05) is 58.4 Å². The molecular formula is C21H22ClNO3. The number of allylic oxidation sites excluding steroid dienone is 4. The highest BCUT2D eigenvalue weighted by atomic mass is 35.5. The summed E-state index contributed by atoms with van der Waals surface area (Å²) in [4.78, 5) is 28.0. The number of carbonyl (C=O) groups excluding carboxylic acids is 2. The Labute approximate surface area is 158 Å². The molecular weight excluding hydrogens is 350 g/mol. The number of benzene rings is 1. The van der Waals surface area contributed by atoms with Crippen LogP contribution in [0.25, 0.3) is 0 Å². The second-order valence-corrected chi connectivity index (χ2v) is 7.59. The molecule has 0 fully saturated rings. The SMILES string of the molecule is CCN1C2=C(C(=O)CCC2)C(c2cc(Cl)ccc2O)C2=C1CCCC2=O. The van der Waals surface area contributed by atoms with E-state index in [0.29, 0.717) is 34.6 Å². The Morgan fingerprint density at radius 2 is 1.62 bits per heavy atom. The van der Waals surface area contributed by atoms with Crippen LogP contribution in [-0.2, 0) is 9.59 Å². The highest BCUT2D eigenvalue weighted by Crippen LogP contribution is 2.50. The Bertz CT molecular complexity index is 824. The van der Waals surface area contributed by atoms with Crippen molar-refractivity contribution in [3.8, 4) is 5.75 Å². The summed E-state index contributed by atoms with van der Waals surface area (Å²) in [7, 11) is 0. The lowest BCUT2D eigenvalue weighted by atomic mass is 9.70. The minimum absolute atomic E-state index is 0.0824. The minimum atomic E-state index is -0.498. The van der Waals surface area contributed by atoms with Crippen LogP contribution in [-0.4, -0.2) is 28.1 Å². The standard InChI is InChI=1S/C21H22ClNO3/c1-2-23-14-5-3-7-17(25)20(14)19(13-11-12(22)9-10-16(13)24)21-15(23)6-4-8-18(21)26/h9-11,19,24H,2-8H2,1H3. The fourth-order valence-electron chi connectivity index (χ4n) is 4.67. The summed E-state index contributed by atoms with van der Waals surface area (Å²) in [6.45, 7) is 2.80. The fourth-order valence-corrected chi connectivity index (χ4v) is 4.85. The van der Waals surface area contributed by atoms with Crippen LogP contribution in [0, 0.1) is 0 Å². The second kappa shape index (κ2) is 6.58. The number of hydrogen-bond acceptors (Lipinski definition) is 4. The van der Waals surface area contributed by atoms with Gasteiger partial charge < -0.3 is 10.0 Å². The number of phenolic OH excluding ortho intramolecular Hbond substituents is 1. The molecule has 3 aliphatic rings. The normalized spacial score (nSPS) is 21.2. The molecule has 4 rings (SSSR count). The van der Waals surface area contributed by atoms with E-state index in [1.165, 1.54) is 0 Å². The zero-order valence-electron chi connectivity index (χ0n) is 14.8. The molecule has 26 heavy (non-hydrogen) atoms. The van der Waals surface area contributed by atoms with E-state index in [-0.39, 0.29) is 17.3 Å². The number of nitrogens with zero attached hydrogens (tertiary/aromatic N) is 1. The maximum absolute atomic E-state index is 12.9. The third kappa shape index (κ3) is 2.59. The predicted molar refractivity (Wildman–Crippen MR) is 100 cm³/mol. The van der Waals surface area contributed by atoms with Crippen LogP contribution in [0.5, 0.6) is 5.75 Å². The Kier molecular flexibility index (Phi) is 4.39. The molecule has 0 saturated carbocycles. The molecule has 0 spiro atoms. The first-order chi connectivity index (χ1) is 12.5. The zero-order valence-corrected chi connectivity index (χ0v) is 15.6. The summed E-state index contributed by atoms with van der Waals surface area (Å²) in [5, 5.41) is 11.0. The van der Waals surface area contributed by atoms with Gasteiger partial charge in [-0.1, -0.05) is 11.6 Å². The van der Waals surface area contributed by atoms with Crippen molar-refractivity contribution in [1.29, 1.82) is 0 Å². The summed E-state index contributed by atoms with van der Waals surface area (Å²) in [5.41, 5.74) is 4.00. The molecule has 5 heteroatoms. The van der Waals surface area contributed by atoms with Gasteiger partial charge in [0.05, 0.1) is 0 Å². The molecule has 0 saturated heterocycles. The molecule has 0 amide bonds. The smallest absolute Gasteiger partial charge is 0.161 e. The van der Waals surface area contributed by atoms with Crippen LogP contribution in [0.3, 0.4) is 0 Å². The Morgan fingerprint density at radius 1 is 1.04 bits per heavy atom. The molecule has 1 aromatic rings. The van der Waals surface area contributed by atoms with E-state index in [1.54, 1.807) is 18.2 Å². The van der Waals surface area contributed by atoms with Gasteiger partial charge in [0.15, 0.2) is 11.6 Å². The number of carbonyl (C=O) groups is 2. The van der Waals surface area contributed by atoms with Crippen molar-refractivity contribution < 1.29 is 14.7 Å². The summed E-state index contributed by atoms with van der Waals surface area (Å²) in [5.74, 6) is -0.250. The molecule has 1 heterocycles. The number of phenols is 1. The van der Waals surface area contributed by atoms with Crippen molar-refractivity contribution in [2.45, 2.75) is 51.4 Å². The molecule has 0 atom stereocenters. The molecule has 4 nitrogen and oxygen atoms in total. The molecule has 0 unspecified atom stereocenters. The first kappa shape index (κ1) is 17.3. The van der Waals surface area contributed by atoms with Crippen LogP contribution < -0.4 is 0 Å². The Hall–Kier alpha value is -2.07. The van der Waals surface area contributed by atoms with Gasteiger partial charge in [0.25, 0.3) is 0 Å². The molecule has 1 aliphatic heterocycles. The van der Waals surface area contributed by atoms with E-state index >= 15 is 0 Å². The first-order valence-electron chi connectivity index (χ1n) is 9.31. The molecule has 1 aromatic carbocycles. The van der Waals surface area contributed by atoms with Crippen LogP contribution in [0.1, 0.15) is 56.9 Å². The van der Waals surface area contributed by atoms with Gasteiger partial charge in [-0.2, -0.15) is 0 Å². The Balaban J connectivity index is 2.01. The highest BCUT2D eigenvalue weighted by Gasteiger charge is 2.43. The molecule has 2 aliphatic carbocycles. The lowest BCUT2D eigenvalue weighted by Crippen LogP contribution is -2.39. The highest BCUT2D eigenvalue weighted by molar-refractivity contribution is 6.30. The van der Waals surface area contributed by atoms with Gasteiger partial charge in [0.1, 0.15) is 5.75 Å². The maximum atomic E-state index is 12.9. The summed E-state index contributed by atoms with van der Waals surface area (Å²) in [6, 6.07) is 4.87. The Morgan fingerprint density at radius 3 is 2.15 bits per heavy atom. The van der Waals surface area contributed by atoms with E-state index in [9.17, 15) is 14.7 Å². The zero-order chi connectivity index (χ0) is 18.4. The maximum Gasteiger partial charge on any atom is 0.161 e. The van der Waals surface area contributed by atoms with Crippen LogP contribution in [0.2, 0.25) is 5.02 Å². The number of halogens is 1. The van der Waals surface area contributed by atoms with E-state index in [4.69, 9.17) is 11.6 Å². The monoisotopic (exact) mass is 371 g/mol. The van der Waals surface area contributed by atoms with Gasteiger partial charge in [-0.15, -0.1) is 0 Å². The number of aromatic hydroxyl groups is 1. The van der Waals surface area contributed by atoms with Crippen molar-refractivity contribution in [1.82, 2.24) is 4.90 Å². The van der Waals surface area contributed by atoms with E-state index in [1.807, 2.05) is 0 Å². The number of rotatable bonds is 2. The van der Waals surface area contributed by atoms with E-state index < -0.39 is 5.92 Å². The summed E-state index contributed by atoms with van der Waals surface area (Å²) < 4.78 is 0. The minimum Gasteiger partial charge on any atom is -0.508 e. The molecule has 136 valence electrons. The predicted octanol–water partition coefficient (Wildman–Crippen LogP) is 4.48. The number of hydrogen-bond donors (Lipinski definition) is 1. The lowest BCUT2D eigenvalue weighted by molar-refractivity contribution is -0.117. The quantitative estimate of drug-likeness (QED) is 0.832. The lowest BCUT2D eigenvalue weighted by Gasteiger charge is -2.43. The molecule has 1 N–H and O–H groups in total. The van der Waals surface area contributed by atoms with E-state index in [2.05, 4.69) is 11.8 Å². The van der Waals surface area contributed by atoms with Gasteiger partial charge >= 0.3 is 0 Å². The van der Waals surface area contributed by atoms with Crippen molar-refractivity contribution in [3.05, 3.63) is 51.3 Å². The van der Waals surface area contributed by atoms with Crippen molar-refractivity contribution in [3.63, 3.8) is 0 Å². The third-order valence-electron chi connectivity index (χ3n) is 5.70. The van der Waals surface area contributed by atoms with Crippen LogP contribution in [0.15, 0.2) is 40.7 Å². The summed E-state index contributed by atoms with van der Waals surface area (Å²) >= 11 is 6.19. The largest absolute Gasteiger partial charge is 0.508 e. The van der Waals surface area contributed by atoms with Crippen molar-refractivity contribution >= 4 is 23.2 Å². The molecule has 0 aromatic heterocycles. The average Bonchev–Trinajstić information content (AvgIpc) is 2.62. The van der Waals surface area contributed by atoms with Gasteiger partial charge in [-0.3, -0.25) is 9.59 Å². The van der Waals surface area contributed by atoms with Gasteiger partial charge in [-0.25, -0.2) is 0 Å². The van der Waals surface area contributed by atoms with Crippen LogP contribution in [0.4, 0.5) is 0 Å². The average molecular weight is 372 g/mol. The van der Waals surface area contributed by atoms with Crippen molar-refractivity contribution in [2.24, 2.45) is 0 Å². The first-order valence-corrected chi connectivity index (χ1v) is 9.69. The van der Waals surface area contributed by atoms with Gasteiger partial charge in [0.2, 0.25) is 0 Å². The topological polar surface area (TPSA) is 57.6 Å². The van der Waals surface area contributed by atoms with Gasteiger partial charge in [-0.05, 0) is 50.8 Å². The fraction of sp³-hybridized carbons (Fsp3) is 0.429. The molecule has 0 bridgehead atoms.